The first-order valence-electron chi connectivity index (χ1n) is 8.02. The monoisotopic (exact) mass is 332 g/mol. The summed E-state index contributed by atoms with van der Waals surface area (Å²) >= 11 is 0. The zero-order valence-corrected chi connectivity index (χ0v) is 13.9. The van der Waals surface area contributed by atoms with Gasteiger partial charge in [0.2, 0.25) is 5.91 Å². The fourth-order valence-corrected chi connectivity index (χ4v) is 3.10. The highest BCUT2D eigenvalue weighted by Gasteiger charge is 2.34. The van der Waals surface area contributed by atoms with E-state index in [0.29, 0.717) is 35.9 Å². The van der Waals surface area contributed by atoms with Crippen molar-refractivity contribution in [1.29, 1.82) is 0 Å². The van der Waals surface area contributed by atoms with Crippen LogP contribution >= 0.6 is 0 Å². The van der Waals surface area contributed by atoms with Gasteiger partial charge in [-0.2, -0.15) is 0 Å². The molecule has 4 amide bonds. The fraction of sp³-hybridized carbons (Fsp3) is 0.500. The Hall–Kier alpha value is -2.64. The van der Waals surface area contributed by atoms with Gasteiger partial charge < -0.3 is 9.73 Å². The van der Waals surface area contributed by atoms with Crippen LogP contribution in [0.1, 0.15) is 51.2 Å². The largest absolute Gasteiger partial charge is 0.461 e. The topological polar surface area (TPSA) is 104 Å². The number of hydrogen-bond donors (Lipinski definition) is 2. The van der Waals surface area contributed by atoms with E-state index in [0.717, 1.165) is 6.42 Å². The van der Waals surface area contributed by atoms with Crippen LogP contribution in [0.25, 0.3) is 0 Å². The molecule has 2 saturated heterocycles. The maximum Gasteiger partial charge on any atom is 0.322 e. The van der Waals surface area contributed by atoms with E-state index in [2.05, 4.69) is 15.6 Å². The Morgan fingerprint density at radius 1 is 1.42 bits per heavy atom. The Kier molecular flexibility index (Phi) is 4.13. The molecule has 0 bridgehead atoms. The molecule has 0 spiro atoms. The molecule has 24 heavy (non-hydrogen) atoms. The summed E-state index contributed by atoms with van der Waals surface area (Å²) in [5, 5.41) is 4.67. The van der Waals surface area contributed by atoms with Gasteiger partial charge in [-0.05, 0) is 20.3 Å². The summed E-state index contributed by atoms with van der Waals surface area (Å²) in [5.41, 5.74) is 0.575. The highest BCUT2D eigenvalue weighted by molar-refractivity contribution is 6.04. The maximum absolute atomic E-state index is 12.0. The van der Waals surface area contributed by atoms with E-state index in [9.17, 15) is 14.4 Å². The summed E-state index contributed by atoms with van der Waals surface area (Å²) in [6, 6.07) is 0.373. The molecule has 2 atom stereocenters. The van der Waals surface area contributed by atoms with Gasteiger partial charge in [0, 0.05) is 24.9 Å². The molecule has 2 unspecified atom stereocenters. The first kappa shape index (κ1) is 16.2. The lowest BCUT2D eigenvalue weighted by molar-refractivity contribution is -0.125. The van der Waals surface area contributed by atoms with Gasteiger partial charge in [-0.1, -0.05) is 6.92 Å². The Balaban J connectivity index is 1.91. The number of hydrogen-bond acceptors (Lipinski definition) is 5. The van der Waals surface area contributed by atoms with Crippen molar-refractivity contribution in [1.82, 2.24) is 15.5 Å². The molecule has 8 nitrogen and oxygen atoms in total. The van der Waals surface area contributed by atoms with Crippen LogP contribution in [0.15, 0.2) is 15.5 Å². The van der Waals surface area contributed by atoms with Crippen molar-refractivity contribution in [3.63, 3.8) is 0 Å². The predicted molar refractivity (Wildman–Crippen MR) is 85.8 cm³/mol. The Morgan fingerprint density at radius 2 is 2.17 bits per heavy atom. The summed E-state index contributed by atoms with van der Waals surface area (Å²) in [6.07, 6.45) is 1.93. The third-order valence-corrected chi connectivity index (χ3v) is 4.30. The molecular formula is C16H20N4O4. The first-order chi connectivity index (χ1) is 11.4. The number of carbonyl (C=O) groups is 3. The second kappa shape index (κ2) is 6.10. The van der Waals surface area contributed by atoms with Crippen LogP contribution in [-0.2, 0) is 16.0 Å². The number of nitrogens with one attached hydrogen (secondary N) is 2. The van der Waals surface area contributed by atoms with Gasteiger partial charge in [-0.25, -0.2) is 9.79 Å². The van der Waals surface area contributed by atoms with E-state index in [1.807, 2.05) is 13.8 Å². The molecule has 2 N–H and O–H groups in total. The Labute approximate surface area is 139 Å². The second-order valence-electron chi connectivity index (χ2n) is 6.02. The molecule has 2 fully saturated rings. The second-order valence-corrected chi connectivity index (χ2v) is 6.02. The van der Waals surface area contributed by atoms with Gasteiger partial charge in [0.1, 0.15) is 23.0 Å². The molecule has 3 rings (SSSR count). The molecule has 8 heteroatoms. The van der Waals surface area contributed by atoms with Gasteiger partial charge in [-0.3, -0.25) is 19.8 Å². The molecule has 2 aliphatic rings. The van der Waals surface area contributed by atoms with Crippen molar-refractivity contribution >= 4 is 29.4 Å². The van der Waals surface area contributed by atoms with Gasteiger partial charge in [0.15, 0.2) is 6.04 Å². The average Bonchev–Trinajstić information content (AvgIpc) is 3.17. The van der Waals surface area contributed by atoms with E-state index < -0.39 is 18.0 Å². The lowest BCUT2D eigenvalue weighted by Crippen LogP contribution is -2.35. The molecule has 0 radical (unpaired) electrons. The minimum absolute atomic E-state index is 0.0629. The highest BCUT2D eigenvalue weighted by Crippen LogP contribution is 2.31. The third kappa shape index (κ3) is 2.79. The van der Waals surface area contributed by atoms with Crippen molar-refractivity contribution in [2.24, 2.45) is 4.99 Å². The summed E-state index contributed by atoms with van der Waals surface area (Å²) in [6.45, 7) is 5.69. The number of furan rings is 1. The van der Waals surface area contributed by atoms with E-state index in [4.69, 9.17) is 4.42 Å². The number of urea groups is 1. The van der Waals surface area contributed by atoms with E-state index in [-0.39, 0.29) is 11.9 Å². The molecular weight excluding hydrogens is 312 g/mol. The molecule has 3 heterocycles. The summed E-state index contributed by atoms with van der Waals surface area (Å²) in [4.78, 5) is 41.2. The van der Waals surface area contributed by atoms with Crippen LogP contribution in [0.2, 0.25) is 0 Å². The number of imide groups is 1. The number of rotatable bonds is 3. The lowest BCUT2D eigenvalue weighted by atomic mass is 10.2. The standard InChI is InChI=1S/C16H20N4O4/c1-4-11-10(17-9(3)20-8(2)5-6-13(20)21)7-12(24-11)14-15(22)19-16(23)18-14/h7-8,14H,4-6H2,1-3H3,(H2,18,19,22,23). The van der Waals surface area contributed by atoms with Crippen molar-refractivity contribution in [2.45, 2.75) is 52.1 Å². The van der Waals surface area contributed by atoms with Crippen LogP contribution in [-0.4, -0.2) is 34.6 Å². The van der Waals surface area contributed by atoms with Crippen molar-refractivity contribution < 1.29 is 18.8 Å². The van der Waals surface area contributed by atoms with E-state index >= 15 is 0 Å². The van der Waals surface area contributed by atoms with Gasteiger partial charge >= 0.3 is 6.03 Å². The summed E-state index contributed by atoms with van der Waals surface area (Å²) in [5.74, 6) is 1.16. The molecule has 2 aliphatic heterocycles. The third-order valence-electron chi connectivity index (χ3n) is 4.30. The predicted octanol–water partition coefficient (Wildman–Crippen LogP) is 1.78. The number of aliphatic imine (C=N–C) groups is 1. The number of amides is 4. The van der Waals surface area contributed by atoms with E-state index in [1.54, 1.807) is 17.9 Å². The van der Waals surface area contributed by atoms with Crippen LogP contribution in [0.5, 0.6) is 0 Å². The smallest absolute Gasteiger partial charge is 0.322 e. The number of likely N-dealkylation sites (tertiary alicyclic amines) is 1. The minimum Gasteiger partial charge on any atom is -0.461 e. The van der Waals surface area contributed by atoms with Crippen LogP contribution in [0, 0.1) is 0 Å². The number of carbonyl (C=O) groups excluding carboxylic acids is 3. The number of amidine groups is 1. The maximum atomic E-state index is 12.0. The highest BCUT2D eigenvalue weighted by atomic mass is 16.3. The molecule has 128 valence electrons. The summed E-state index contributed by atoms with van der Waals surface area (Å²) < 4.78 is 5.70. The minimum atomic E-state index is -0.848. The molecule has 1 aromatic rings. The van der Waals surface area contributed by atoms with Crippen LogP contribution in [0.3, 0.4) is 0 Å². The molecule has 1 aromatic heterocycles. The van der Waals surface area contributed by atoms with Gasteiger partial charge in [-0.15, -0.1) is 0 Å². The van der Waals surface area contributed by atoms with Crippen molar-refractivity contribution in [3.05, 3.63) is 17.6 Å². The lowest BCUT2D eigenvalue weighted by Gasteiger charge is -2.20. The van der Waals surface area contributed by atoms with Crippen molar-refractivity contribution in [2.75, 3.05) is 0 Å². The van der Waals surface area contributed by atoms with E-state index in [1.165, 1.54) is 0 Å². The fourth-order valence-electron chi connectivity index (χ4n) is 3.10. The molecule has 0 saturated carbocycles. The quantitative estimate of drug-likeness (QED) is 0.500. The number of nitrogens with zero attached hydrogens (tertiary/aromatic N) is 2. The van der Waals surface area contributed by atoms with Crippen LogP contribution in [0.4, 0.5) is 10.5 Å². The van der Waals surface area contributed by atoms with Gasteiger partial charge in [0.25, 0.3) is 5.91 Å². The summed E-state index contributed by atoms with van der Waals surface area (Å²) in [7, 11) is 0. The number of aryl methyl sites for hydroxylation is 1. The van der Waals surface area contributed by atoms with Gasteiger partial charge in [0.05, 0.1) is 0 Å². The Morgan fingerprint density at radius 3 is 2.71 bits per heavy atom. The molecule has 0 aliphatic carbocycles. The van der Waals surface area contributed by atoms with Crippen LogP contribution < -0.4 is 10.6 Å². The molecule has 0 aromatic carbocycles. The normalized spacial score (nSPS) is 24.5. The average molecular weight is 332 g/mol. The Bertz CT molecular complexity index is 736. The van der Waals surface area contributed by atoms with Crippen molar-refractivity contribution in [3.8, 4) is 0 Å². The zero-order chi connectivity index (χ0) is 17.4. The zero-order valence-electron chi connectivity index (χ0n) is 13.9. The SMILES string of the molecule is CCc1oc(C2NC(=O)NC2=O)cc1N=C(C)N1C(=O)CCC1C. The first-order valence-corrected chi connectivity index (χ1v) is 8.02.